The molecule has 1 aromatic rings. The van der Waals surface area contributed by atoms with E-state index in [1.807, 2.05) is 0 Å². The number of pyridine rings is 1. The molecule has 0 saturated heterocycles. The highest BCUT2D eigenvalue weighted by atomic mass is 19.4. The molecule has 1 aromatic heterocycles. The zero-order valence-corrected chi connectivity index (χ0v) is 15.1. The normalized spacial score (nSPS) is 19.7. The van der Waals surface area contributed by atoms with Gasteiger partial charge in [-0.2, -0.15) is 13.2 Å². The maximum atomic E-state index is 12.9. The smallest absolute Gasteiger partial charge is 0.427 e. The Morgan fingerprint density at radius 3 is 2.74 bits per heavy atom. The van der Waals surface area contributed by atoms with Gasteiger partial charge >= 0.3 is 12.2 Å². The number of rotatable bonds is 7. The van der Waals surface area contributed by atoms with E-state index in [2.05, 4.69) is 20.4 Å². The lowest BCUT2D eigenvalue weighted by Crippen LogP contribution is -2.55. The molecule has 0 bridgehead atoms. The fourth-order valence-corrected chi connectivity index (χ4v) is 3.71. The monoisotopic (exact) mass is 387 g/mol. The Bertz CT molecular complexity index is 657. The van der Waals surface area contributed by atoms with E-state index in [-0.39, 0.29) is 24.5 Å². The Morgan fingerprint density at radius 1 is 1.41 bits per heavy atom. The summed E-state index contributed by atoms with van der Waals surface area (Å²) in [6, 6.07) is 2.92. The van der Waals surface area contributed by atoms with Crippen LogP contribution in [0.15, 0.2) is 18.3 Å². The van der Waals surface area contributed by atoms with Crippen molar-refractivity contribution < 1.29 is 27.4 Å². The summed E-state index contributed by atoms with van der Waals surface area (Å²) in [4.78, 5) is 15.8. The molecule has 0 aromatic carbocycles. The summed E-state index contributed by atoms with van der Waals surface area (Å²) in [6.45, 7) is -0.456. The molecule has 2 N–H and O–H groups in total. The molecule has 0 radical (unpaired) electrons. The second kappa shape index (κ2) is 7.92. The van der Waals surface area contributed by atoms with Crippen LogP contribution in [0, 0.1) is 5.41 Å². The lowest BCUT2D eigenvalue weighted by atomic mass is 9.54. The van der Waals surface area contributed by atoms with Gasteiger partial charge in [-0.1, -0.05) is 6.42 Å². The summed E-state index contributed by atoms with van der Waals surface area (Å²) in [7, 11) is 1.17. The fraction of sp³-hybridized carbons (Fsp3) is 0.667. The minimum atomic E-state index is -4.56. The number of carbonyl (C=O) groups excluding carboxylic acids is 1. The number of amides is 2. The van der Waals surface area contributed by atoms with E-state index in [4.69, 9.17) is 4.74 Å². The average Bonchev–Trinajstić information content (AvgIpc) is 2.53. The molecule has 1 spiro atoms. The molecule has 1 atom stereocenters. The van der Waals surface area contributed by atoms with Gasteiger partial charge in [0, 0.05) is 32.0 Å². The number of alkyl halides is 3. The quantitative estimate of drug-likeness (QED) is 0.754. The first kappa shape index (κ1) is 19.7. The van der Waals surface area contributed by atoms with Gasteiger partial charge in [-0.3, -0.25) is 0 Å². The zero-order chi connectivity index (χ0) is 19.5. The number of ether oxygens (including phenoxy) is 2. The van der Waals surface area contributed by atoms with E-state index in [0.717, 1.165) is 12.8 Å². The lowest BCUT2D eigenvalue weighted by Gasteiger charge is -2.54. The Balaban J connectivity index is 1.46. The van der Waals surface area contributed by atoms with Crippen LogP contribution in [-0.2, 0) is 11.3 Å². The molecule has 2 aliphatic carbocycles. The van der Waals surface area contributed by atoms with Crippen LogP contribution in [0.25, 0.3) is 0 Å². The zero-order valence-electron chi connectivity index (χ0n) is 15.1. The predicted molar refractivity (Wildman–Crippen MR) is 91.3 cm³/mol. The second-order valence-corrected chi connectivity index (χ2v) is 7.39. The van der Waals surface area contributed by atoms with Crippen molar-refractivity contribution in [2.75, 3.05) is 13.7 Å². The summed E-state index contributed by atoms with van der Waals surface area (Å²) in [5, 5.41) is 5.65. The van der Waals surface area contributed by atoms with Crippen molar-refractivity contribution in [1.29, 1.82) is 0 Å². The first-order valence-corrected chi connectivity index (χ1v) is 9.01. The number of halogens is 3. The van der Waals surface area contributed by atoms with Crippen molar-refractivity contribution in [2.24, 2.45) is 5.41 Å². The van der Waals surface area contributed by atoms with Crippen LogP contribution in [0.2, 0.25) is 0 Å². The van der Waals surface area contributed by atoms with Crippen molar-refractivity contribution in [3.05, 3.63) is 23.9 Å². The second-order valence-electron chi connectivity index (χ2n) is 7.39. The number of methoxy groups -OCH3 is 1. The molecular weight excluding hydrogens is 363 g/mol. The number of urea groups is 1. The van der Waals surface area contributed by atoms with Crippen LogP contribution < -0.4 is 15.4 Å². The minimum Gasteiger partial charge on any atom is -0.462 e. The van der Waals surface area contributed by atoms with Gasteiger partial charge < -0.3 is 20.1 Å². The Hall–Kier alpha value is -2.03. The topological polar surface area (TPSA) is 72.5 Å². The van der Waals surface area contributed by atoms with Crippen LogP contribution in [0.5, 0.6) is 5.88 Å². The molecule has 2 fully saturated rings. The van der Waals surface area contributed by atoms with Gasteiger partial charge in [0.15, 0.2) is 0 Å². The molecule has 0 unspecified atom stereocenters. The molecule has 1 heterocycles. The molecule has 2 aliphatic rings. The predicted octanol–water partition coefficient (Wildman–Crippen LogP) is 3.17. The summed E-state index contributed by atoms with van der Waals surface area (Å²) < 4.78 is 48.1. The Labute approximate surface area is 155 Å². The van der Waals surface area contributed by atoms with Gasteiger partial charge in [0.25, 0.3) is 0 Å². The largest absolute Gasteiger partial charge is 0.462 e. The SMILES string of the molecule is COC[C@H](Oc1cc(CNC(=O)NC2CC3(CCC3)C2)ccn1)C(F)(F)F. The van der Waals surface area contributed by atoms with Crippen molar-refractivity contribution >= 4 is 6.03 Å². The van der Waals surface area contributed by atoms with E-state index >= 15 is 0 Å². The number of nitrogens with one attached hydrogen (secondary N) is 2. The molecule has 3 rings (SSSR count). The van der Waals surface area contributed by atoms with Gasteiger partial charge in [-0.15, -0.1) is 0 Å². The van der Waals surface area contributed by atoms with E-state index < -0.39 is 18.9 Å². The van der Waals surface area contributed by atoms with Gasteiger partial charge in [0.2, 0.25) is 12.0 Å². The number of carbonyl (C=O) groups is 1. The van der Waals surface area contributed by atoms with Crippen LogP contribution in [-0.4, -0.2) is 43.1 Å². The third-order valence-electron chi connectivity index (χ3n) is 5.31. The summed E-state index contributed by atoms with van der Waals surface area (Å²) in [5.74, 6) is -0.167. The molecule has 2 amide bonds. The van der Waals surface area contributed by atoms with Crippen molar-refractivity contribution in [3.8, 4) is 5.88 Å². The number of nitrogens with zero attached hydrogens (tertiary/aromatic N) is 1. The molecule has 6 nitrogen and oxygen atoms in total. The maximum absolute atomic E-state index is 12.9. The van der Waals surface area contributed by atoms with Gasteiger partial charge in [-0.05, 0) is 42.7 Å². The first-order chi connectivity index (χ1) is 12.8. The average molecular weight is 387 g/mol. The van der Waals surface area contributed by atoms with Crippen molar-refractivity contribution in [1.82, 2.24) is 15.6 Å². The van der Waals surface area contributed by atoms with Crippen molar-refractivity contribution in [3.63, 3.8) is 0 Å². The van der Waals surface area contributed by atoms with Crippen LogP contribution in [0.1, 0.15) is 37.7 Å². The number of aromatic nitrogens is 1. The van der Waals surface area contributed by atoms with Crippen LogP contribution in [0.4, 0.5) is 18.0 Å². The van der Waals surface area contributed by atoms with Gasteiger partial charge in [0.1, 0.15) is 0 Å². The van der Waals surface area contributed by atoms with E-state index in [9.17, 15) is 18.0 Å². The highest BCUT2D eigenvalue weighted by Gasteiger charge is 2.48. The molecule has 9 heteroatoms. The molecule has 0 aliphatic heterocycles. The van der Waals surface area contributed by atoms with Gasteiger partial charge in [-0.25, -0.2) is 9.78 Å². The Morgan fingerprint density at radius 2 is 2.15 bits per heavy atom. The minimum absolute atomic E-state index is 0.167. The summed E-state index contributed by atoms with van der Waals surface area (Å²) in [6.07, 6.45) is 0.550. The van der Waals surface area contributed by atoms with Crippen LogP contribution >= 0.6 is 0 Å². The van der Waals surface area contributed by atoms with E-state index in [1.54, 1.807) is 6.07 Å². The number of hydrogen-bond donors (Lipinski definition) is 2. The molecule has 2 saturated carbocycles. The summed E-state index contributed by atoms with van der Waals surface area (Å²) in [5.41, 5.74) is 1.07. The van der Waals surface area contributed by atoms with Gasteiger partial charge in [0.05, 0.1) is 6.61 Å². The Kier molecular flexibility index (Phi) is 5.78. The maximum Gasteiger partial charge on any atom is 0.427 e. The standard InChI is InChI=1S/C18H24F3N3O3/c1-26-11-14(18(19,20)21)27-15-7-12(3-6-22-15)10-23-16(25)24-13-8-17(9-13)4-2-5-17/h3,6-7,13-14H,2,4-5,8-11H2,1H3,(H2,23,24,25)/t14-/m0/s1. The molecule has 150 valence electrons. The third-order valence-corrected chi connectivity index (χ3v) is 5.31. The van der Waals surface area contributed by atoms with E-state index in [0.29, 0.717) is 11.0 Å². The lowest BCUT2D eigenvalue weighted by molar-refractivity contribution is -0.207. The first-order valence-electron chi connectivity index (χ1n) is 9.01. The fourth-order valence-electron chi connectivity index (χ4n) is 3.71. The van der Waals surface area contributed by atoms with Crippen LogP contribution in [0.3, 0.4) is 0 Å². The van der Waals surface area contributed by atoms with Crippen molar-refractivity contribution in [2.45, 2.75) is 57.0 Å². The summed E-state index contributed by atoms with van der Waals surface area (Å²) >= 11 is 0. The highest BCUT2D eigenvalue weighted by molar-refractivity contribution is 5.74. The van der Waals surface area contributed by atoms with E-state index in [1.165, 1.54) is 38.6 Å². The third kappa shape index (κ3) is 5.03. The molecular formula is C18H24F3N3O3. The number of hydrogen-bond acceptors (Lipinski definition) is 4. The highest BCUT2D eigenvalue weighted by Crippen LogP contribution is 2.55. The molecule has 27 heavy (non-hydrogen) atoms.